The van der Waals surface area contributed by atoms with Crippen LogP contribution in [0.15, 0.2) is 179 Å². The van der Waals surface area contributed by atoms with E-state index in [0.29, 0.717) is 17.3 Å². The van der Waals surface area contributed by atoms with Crippen molar-refractivity contribution in [3.63, 3.8) is 0 Å². The smallest absolute Gasteiger partial charge is 0.287 e. The van der Waals surface area contributed by atoms with Crippen molar-refractivity contribution in [1.82, 2.24) is 19.9 Å². The van der Waals surface area contributed by atoms with Crippen LogP contribution in [0.1, 0.15) is 34.1 Å². The molecule has 0 aliphatic carbocycles. The van der Waals surface area contributed by atoms with Gasteiger partial charge in [-0.15, -0.1) is 22.7 Å². The molecule has 6 heterocycles. The van der Waals surface area contributed by atoms with Crippen molar-refractivity contribution in [3.8, 4) is 43.8 Å². The fourth-order valence-electron chi connectivity index (χ4n) is 6.01. The molecule has 0 unspecified atom stereocenters. The molecule has 0 saturated carbocycles. The number of halogens is 1. The summed E-state index contributed by atoms with van der Waals surface area (Å²) in [6, 6.07) is 45.7. The Kier molecular flexibility index (Phi) is 13.1. The Balaban J connectivity index is 0.000000148. The summed E-state index contributed by atoms with van der Waals surface area (Å²) in [6.07, 6.45) is 7.44. The Hall–Kier alpha value is -7.05. The number of thiazole rings is 2. The van der Waals surface area contributed by atoms with E-state index in [1.54, 1.807) is 53.3 Å². The number of hydrogen-bond acceptors (Lipinski definition) is 11. The van der Waals surface area contributed by atoms with Gasteiger partial charge in [0, 0.05) is 59.1 Å². The van der Waals surface area contributed by atoms with Crippen LogP contribution < -0.4 is 5.73 Å². The number of nitrogens with zero attached hydrogens (tertiary/aromatic N) is 4. The number of nitrogen functional groups attached to an aromatic ring is 1. The van der Waals surface area contributed by atoms with Gasteiger partial charge in [-0.05, 0) is 71.8 Å². The van der Waals surface area contributed by atoms with Crippen LogP contribution in [0, 0.1) is 0 Å². The molecule has 0 saturated heterocycles. The maximum atomic E-state index is 12.7. The van der Waals surface area contributed by atoms with Crippen LogP contribution >= 0.6 is 34.3 Å². The van der Waals surface area contributed by atoms with Gasteiger partial charge in [-0.2, -0.15) is 0 Å². The third-order valence-electron chi connectivity index (χ3n) is 8.85. The molecule has 12 heteroatoms. The molecule has 0 aliphatic rings. The normalized spacial score (nSPS) is 10.6. The van der Waals surface area contributed by atoms with E-state index in [1.807, 2.05) is 140 Å². The van der Waals surface area contributed by atoms with E-state index in [9.17, 15) is 9.59 Å². The number of benzene rings is 4. The number of Topliss-reactive ketones (excluding diaryl/α,β-unsaturated/α-hetero) is 1. The van der Waals surface area contributed by atoms with E-state index in [2.05, 4.69) is 19.9 Å². The summed E-state index contributed by atoms with van der Waals surface area (Å²) in [4.78, 5) is 40.9. The first-order chi connectivity index (χ1) is 28.9. The average Bonchev–Trinajstić information content (AvgIpc) is 4.11. The van der Waals surface area contributed by atoms with Gasteiger partial charge in [-0.3, -0.25) is 19.6 Å². The maximum absolute atomic E-state index is 12.7. The summed E-state index contributed by atoms with van der Waals surface area (Å²) in [7, 11) is 0. The zero-order valence-corrected chi connectivity index (χ0v) is 33.5. The Bertz CT molecular complexity index is 2950. The highest BCUT2D eigenvalue weighted by Gasteiger charge is 2.15. The van der Waals surface area contributed by atoms with Crippen LogP contribution in [0.25, 0.3) is 64.2 Å². The van der Waals surface area contributed by atoms with Crippen LogP contribution in [0.4, 0.5) is 5.69 Å². The Morgan fingerprint density at radius 3 is 1.58 bits per heavy atom. The van der Waals surface area contributed by atoms with Crippen molar-refractivity contribution < 1.29 is 18.4 Å². The number of fused-ring (bicyclic) bond motifs is 2. The number of hydrogen-bond donors (Lipinski definition) is 1. The van der Waals surface area contributed by atoms with E-state index in [0.717, 1.165) is 64.0 Å². The van der Waals surface area contributed by atoms with Crippen LogP contribution in [-0.2, 0) is 6.42 Å². The van der Waals surface area contributed by atoms with Crippen molar-refractivity contribution in [3.05, 3.63) is 187 Å². The number of rotatable bonds is 8. The molecule has 6 aromatic heterocycles. The molecule has 9 nitrogen and oxygen atoms in total. The molecule has 0 spiro atoms. The second-order valence-corrected chi connectivity index (χ2v) is 15.4. The van der Waals surface area contributed by atoms with E-state index >= 15 is 0 Å². The minimum absolute atomic E-state index is 0. The quantitative estimate of drug-likeness (QED) is 0.0899. The second kappa shape index (κ2) is 19.1. The molecule has 4 aromatic carbocycles. The van der Waals surface area contributed by atoms with Gasteiger partial charge in [0.1, 0.15) is 21.5 Å². The third kappa shape index (κ3) is 9.96. The lowest BCUT2D eigenvalue weighted by atomic mass is 10.0. The number of furan rings is 2. The molecule has 60 heavy (non-hydrogen) atoms. The molecule has 10 aromatic rings. The monoisotopic (exact) mass is 845 g/mol. The third-order valence-corrected chi connectivity index (χ3v) is 11.1. The molecule has 2 N–H and O–H groups in total. The second-order valence-electron chi connectivity index (χ2n) is 13.0. The largest absolute Gasteiger partial charge is 0.453 e. The summed E-state index contributed by atoms with van der Waals surface area (Å²) in [5.41, 5.74) is 13.3. The van der Waals surface area contributed by atoms with Gasteiger partial charge in [0.25, 0.3) is 5.24 Å². The molecule has 0 fully saturated rings. The minimum atomic E-state index is -0.577. The molecule has 0 amide bonds. The van der Waals surface area contributed by atoms with Crippen molar-refractivity contribution in [1.29, 1.82) is 0 Å². The summed E-state index contributed by atoms with van der Waals surface area (Å²) < 4.78 is 13.2. The van der Waals surface area contributed by atoms with Gasteiger partial charge >= 0.3 is 0 Å². The number of pyridine rings is 2. The van der Waals surface area contributed by atoms with Crippen LogP contribution in [0.3, 0.4) is 0 Å². The molecule has 0 aliphatic heterocycles. The molecule has 0 atom stereocenters. The van der Waals surface area contributed by atoms with Crippen LogP contribution in [-0.4, -0.2) is 31.0 Å². The highest BCUT2D eigenvalue weighted by atomic mass is 35.5. The number of carbonyl (C=O) groups is 2. The first-order valence-electron chi connectivity index (χ1n) is 18.3. The van der Waals surface area contributed by atoms with E-state index in [1.165, 1.54) is 0 Å². The fraction of sp³-hybridized carbons (Fsp3) is 0.0417. The van der Waals surface area contributed by atoms with Gasteiger partial charge in [0.05, 0.1) is 20.4 Å². The van der Waals surface area contributed by atoms with E-state index in [4.69, 9.17) is 26.2 Å². The standard InChI is InChI=1S/C24H16N2O2S.C12H9N3S.C11H7ClO2.CH4/c27-20(22-10-9-21(28-22)17-6-2-1-3-7-17)14-16-5-4-8-18(13-16)24-26-19-11-12-25-15-23(19)29-24;13-9-3-1-2-8(6-9)12-15-10-4-5-14-7-11(10)16-12;12-11(13)10-7-6-9(14-10)8-4-2-1-3-5-8;/h1-13,15H,14H2;1-7H,13H2;1-7H;1H4. The lowest BCUT2D eigenvalue weighted by Gasteiger charge is -2.02. The first kappa shape index (κ1) is 41.1. The van der Waals surface area contributed by atoms with Crippen LogP contribution in [0.5, 0.6) is 0 Å². The highest BCUT2D eigenvalue weighted by molar-refractivity contribution is 7.22. The number of aromatic nitrogens is 4. The number of anilines is 1. The van der Waals surface area contributed by atoms with Crippen molar-refractivity contribution in [2.75, 3.05) is 5.73 Å². The first-order valence-corrected chi connectivity index (χ1v) is 20.3. The van der Waals surface area contributed by atoms with Crippen molar-refractivity contribution in [2.24, 2.45) is 0 Å². The number of carbonyl (C=O) groups excluding carboxylic acids is 2. The summed E-state index contributed by atoms with van der Waals surface area (Å²) in [6.45, 7) is 0. The van der Waals surface area contributed by atoms with Crippen LogP contribution in [0.2, 0.25) is 0 Å². The zero-order chi connectivity index (χ0) is 40.6. The van der Waals surface area contributed by atoms with Crippen molar-refractivity contribution in [2.45, 2.75) is 13.8 Å². The van der Waals surface area contributed by atoms with Gasteiger partial charge in [0.2, 0.25) is 5.78 Å². The predicted octanol–water partition coefficient (Wildman–Crippen LogP) is 12.9. The predicted molar refractivity (Wildman–Crippen MR) is 243 cm³/mol. The zero-order valence-electron chi connectivity index (χ0n) is 31.1. The molecule has 0 radical (unpaired) electrons. The average molecular weight is 846 g/mol. The number of nitrogens with two attached hydrogens (primary N) is 1. The minimum Gasteiger partial charge on any atom is -0.453 e. The lowest BCUT2D eigenvalue weighted by molar-refractivity contribution is 0.0966. The van der Waals surface area contributed by atoms with Gasteiger partial charge in [-0.1, -0.05) is 98.4 Å². The molecular weight excluding hydrogens is 810 g/mol. The summed E-state index contributed by atoms with van der Waals surface area (Å²) in [5.74, 6) is 1.85. The topological polar surface area (TPSA) is 138 Å². The van der Waals surface area contributed by atoms with Gasteiger partial charge in [-0.25, -0.2) is 9.97 Å². The maximum Gasteiger partial charge on any atom is 0.287 e. The van der Waals surface area contributed by atoms with E-state index in [-0.39, 0.29) is 25.4 Å². The Morgan fingerprint density at radius 1 is 0.567 bits per heavy atom. The Labute approximate surface area is 358 Å². The molecule has 0 bridgehead atoms. The highest BCUT2D eigenvalue weighted by Crippen LogP contribution is 2.32. The number of ketones is 1. The van der Waals surface area contributed by atoms with E-state index < -0.39 is 5.24 Å². The van der Waals surface area contributed by atoms with Crippen molar-refractivity contribution >= 4 is 71.4 Å². The molecule has 10 rings (SSSR count). The lowest BCUT2D eigenvalue weighted by Crippen LogP contribution is -2.02. The fourth-order valence-corrected chi connectivity index (χ4v) is 7.97. The summed E-state index contributed by atoms with van der Waals surface area (Å²) >= 11 is 8.50. The summed E-state index contributed by atoms with van der Waals surface area (Å²) in [5, 5.41) is 1.33. The SMILES string of the molecule is C.Nc1cccc(-c2nc3ccncc3s2)c1.O=C(Cc1cccc(-c2nc3ccncc3s2)c1)c1ccc(-c2ccccc2)o1.O=C(Cl)c1ccc(-c2ccccc2)o1. The Morgan fingerprint density at radius 2 is 1.07 bits per heavy atom. The molecular formula is C48H36ClN5O4S2. The molecule has 296 valence electrons. The van der Waals surface area contributed by atoms with Gasteiger partial charge in [0.15, 0.2) is 11.5 Å². The van der Waals surface area contributed by atoms with Gasteiger partial charge < -0.3 is 14.6 Å².